The van der Waals surface area contributed by atoms with Crippen molar-refractivity contribution in [2.24, 2.45) is 0 Å². The number of nitrogens with zero attached hydrogens (tertiary/aromatic N) is 3. The van der Waals surface area contributed by atoms with Crippen LogP contribution in [0.1, 0.15) is 16.2 Å². The Kier molecular flexibility index (Phi) is 5.06. The third kappa shape index (κ3) is 3.67. The molecule has 0 saturated heterocycles. The molecule has 4 aromatic rings. The topological polar surface area (TPSA) is 67.2 Å². The number of aromatic nitrogens is 2. The molecule has 0 atom stereocenters. The van der Waals surface area contributed by atoms with Gasteiger partial charge in [0, 0.05) is 31.0 Å². The third-order valence-corrected chi connectivity index (χ3v) is 4.95. The van der Waals surface area contributed by atoms with Crippen molar-refractivity contribution in [3.8, 4) is 5.69 Å². The number of hydrogen-bond acceptors (Lipinski definition) is 4. The number of aryl methyl sites for hydroxylation is 1. The van der Waals surface area contributed by atoms with Crippen LogP contribution in [0.25, 0.3) is 16.6 Å². The summed E-state index contributed by atoms with van der Waals surface area (Å²) in [5, 5.41) is 3.47. The molecule has 0 aliphatic rings. The predicted molar refractivity (Wildman–Crippen MR) is 121 cm³/mol. The highest BCUT2D eigenvalue weighted by Crippen LogP contribution is 2.18. The minimum absolute atomic E-state index is 0.115. The number of rotatable bonds is 4. The number of para-hydroxylation sites is 1. The zero-order valence-electron chi connectivity index (χ0n) is 17.1. The molecule has 3 aromatic carbocycles. The Hall–Kier alpha value is -3.93. The number of carbonyl (C=O) groups excluding carboxylic acids is 1. The number of amides is 1. The number of carbonyl (C=O) groups is 1. The maximum absolute atomic E-state index is 12.9. The first kappa shape index (κ1) is 19.4. The molecule has 30 heavy (non-hydrogen) atoms. The van der Waals surface area contributed by atoms with Gasteiger partial charge in [-0.05, 0) is 61.5 Å². The summed E-state index contributed by atoms with van der Waals surface area (Å²) in [6.45, 7) is 1.81. The maximum atomic E-state index is 12.9. The smallest absolute Gasteiger partial charge is 0.265 e. The number of fused-ring (bicyclic) bond motifs is 1. The molecule has 1 aromatic heterocycles. The van der Waals surface area contributed by atoms with Gasteiger partial charge >= 0.3 is 0 Å². The number of nitrogens with one attached hydrogen (secondary N) is 1. The molecule has 0 fully saturated rings. The summed E-state index contributed by atoms with van der Waals surface area (Å²) in [6.07, 6.45) is 0. The van der Waals surface area contributed by atoms with Gasteiger partial charge in [0.15, 0.2) is 0 Å². The van der Waals surface area contributed by atoms with Gasteiger partial charge < -0.3 is 10.2 Å². The first-order valence-corrected chi connectivity index (χ1v) is 9.61. The summed E-state index contributed by atoms with van der Waals surface area (Å²) >= 11 is 0. The Morgan fingerprint density at radius 1 is 0.967 bits per heavy atom. The second kappa shape index (κ2) is 7.83. The largest absolute Gasteiger partial charge is 0.378 e. The third-order valence-electron chi connectivity index (χ3n) is 4.95. The molecule has 1 amide bonds. The van der Waals surface area contributed by atoms with E-state index in [2.05, 4.69) is 10.3 Å². The van der Waals surface area contributed by atoms with Crippen LogP contribution in [0.5, 0.6) is 0 Å². The fourth-order valence-corrected chi connectivity index (χ4v) is 3.37. The van der Waals surface area contributed by atoms with Crippen LogP contribution in [0, 0.1) is 6.92 Å². The van der Waals surface area contributed by atoms with Gasteiger partial charge in [0.05, 0.1) is 16.6 Å². The minimum Gasteiger partial charge on any atom is -0.378 e. The fourth-order valence-electron chi connectivity index (χ4n) is 3.37. The van der Waals surface area contributed by atoms with Gasteiger partial charge in [-0.15, -0.1) is 0 Å². The van der Waals surface area contributed by atoms with Crippen LogP contribution in [-0.4, -0.2) is 29.6 Å². The van der Waals surface area contributed by atoms with Crippen molar-refractivity contribution in [1.82, 2.24) is 9.55 Å². The number of hydrogen-bond donors (Lipinski definition) is 1. The van der Waals surface area contributed by atoms with Gasteiger partial charge in [-0.25, -0.2) is 4.98 Å². The maximum Gasteiger partial charge on any atom is 0.265 e. The number of anilines is 2. The molecule has 0 radical (unpaired) electrons. The van der Waals surface area contributed by atoms with E-state index in [9.17, 15) is 9.59 Å². The molecule has 6 heteroatoms. The molecule has 0 aliphatic heterocycles. The molecule has 150 valence electrons. The van der Waals surface area contributed by atoms with E-state index in [0.717, 1.165) is 5.69 Å². The van der Waals surface area contributed by atoms with Crippen molar-refractivity contribution >= 4 is 28.2 Å². The highest BCUT2D eigenvalue weighted by molar-refractivity contribution is 6.04. The normalized spacial score (nSPS) is 10.8. The van der Waals surface area contributed by atoms with E-state index >= 15 is 0 Å². The monoisotopic (exact) mass is 398 g/mol. The van der Waals surface area contributed by atoms with Crippen LogP contribution in [0.4, 0.5) is 11.4 Å². The lowest BCUT2D eigenvalue weighted by atomic mass is 10.1. The summed E-state index contributed by atoms with van der Waals surface area (Å²) in [4.78, 5) is 32.0. The Morgan fingerprint density at radius 3 is 2.43 bits per heavy atom. The van der Waals surface area contributed by atoms with Gasteiger partial charge in [0.25, 0.3) is 11.5 Å². The Balaban J connectivity index is 1.61. The van der Waals surface area contributed by atoms with E-state index in [1.165, 1.54) is 0 Å². The van der Waals surface area contributed by atoms with E-state index in [0.29, 0.717) is 33.7 Å². The lowest BCUT2D eigenvalue weighted by Crippen LogP contribution is -2.22. The van der Waals surface area contributed by atoms with Crippen LogP contribution < -0.4 is 15.8 Å². The van der Waals surface area contributed by atoms with Gasteiger partial charge in [-0.3, -0.25) is 14.2 Å². The van der Waals surface area contributed by atoms with Crippen molar-refractivity contribution in [3.05, 3.63) is 94.5 Å². The zero-order valence-corrected chi connectivity index (χ0v) is 17.1. The summed E-state index contributed by atoms with van der Waals surface area (Å²) in [6, 6.07) is 21.9. The fraction of sp³-hybridized carbons (Fsp3) is 0.125. The first-order chi connectivity index (χ1) is 14.4. The van der Waals surface area contributed by atoms with Gasteiger partial charge in [-0.2, -0.15) is 0 Å². The average molecular weight is 398 g/mol. The van der Waals surface area contributed by atoms with E-state index < -0.39 is 0 Å². The van der Waals surface area contributed by atoms with Crippen molar-refractivity contribution in [3.63, 3.8) is 0 Å². The van der Waals surface area contributed by atoms with E-state index in [4.69, 9.17) is 0 Å². The molecule has 0 unspecified atom stereocenters. The molecule has 4 rings (SSSR count). The van der Waals surface area contributed by atoms with Gasteiger partial charge in [0.2, 0.25) is 0 Å². The van der Waals surface area contributed by atoms with Gasteiger partial charge in [0.1, 0.15) is 5.82 Å². The summed E-state index contributed by atoms with van der Waals surface area (Å²) < 4.78 is 1.58. The number of benzene rings is 3. The Morgan fingerprint density at radius 2 is 1.70 bits per heavy atom. The van der Waals surface area contributed by atoms with Crippen LogP contribution >= 0.6 is 0 Å². The quantitative estimate of drug-likeness (QED) is 0.564. The van der Waals surface area contributed by atoms with Crippen LogP contribution in [0.3, 0.4) is 0 Å². The lowest BCUT2D eigenvalue weighted by Gasteiger charge is -2.14. The highest BCUT2D eigenvalue weighted by atomic mass is 16.1. The minimum atomic E-state index is -0.188. The van der Waals surface area contributed by atoms with Crippen LogP contribution in [0.15, 0.2) is 77.6 Å². The molecule has 1 heterocycles. The second-order valence-corrected chi connectivity index (χ2v) is 7.26. The molecule has 0 aliphatic carbocycles. The lowest BCUT2D eigenvalue weighted by molar-refractivity contribution is 0.102. The molecule has 0 spiro atoms. The Bertz CT molecular complexity index is 1290. The van der Waals surface area contributed by atoms with E-state index in [1.807, 2.05) is 55.4 Å². The molecular formula is C24H22N4O2. The van der Waals surface area contributed by atoms with Crippen LogP contribution in [0.2, 0.25) is 0 Å². The second-order valence-electron chi connectivity index (χ2n) is 7.26. The summed E-state index contributed by atoms with van der Waals surface area (Å²) in [5.41, 5.74) is 3.45. The van der Waals surface area contributed by atoms with E-state index in [1.54, 1.807) is 47.9 Å². The first-order valence-electron chi connectivity index (χ1n) is 9.61. The van der Waals surface area contributed by atoms with Crippen molar-refractivity contribution in [1.29, 1.82) is 0 Å². The standard InChI is InChI=1S/C24H22N4O2/c1-16-25-22-10-5-4-9-21(22)24(30)28(16)19-13-11-18(12-14-19)26-23(29)17-7-6-8-20(15-17)27(2)3/h4-15H,1-3H3,(H,26,29). The van der Waals surface area contributed by atoms with E-state index in [-0.39, 0.29) is 11.5 Å². The summed E-state index contributed by atoms with van der Waals surface area (Å²) in [5.74, 6) is 0.420. The molecule has 0 bridgehead atoms. The molecule has 1 N–H and O–H groups in total. The molecule has 6 nitrogen and oxygen atoms in total. The van der Waals surface area contributed by atoms with Crippen molar-refractivity contribution in [2.45, 2.75) is 6.92 Å². The Labute approximate surface area is 174 Å². The summed E-state index contributed by atoms with van der Waals surface area (Å²) in [7, 11) is 3.86. The van der Waals surface area contributed by atoms with Gasteiger partial charge in [-0.1, -0.05) is 18.2 Å². The highest BCUT2D eigenvalue weighted by Gasteiger charge is 2.11. The molecule has 0 saturated carbocycles. The average Bonchev–Trinajstić information content (AvgIpc) is 2.75. The van der Waals surface area contributed by atoms with Crippen LogP contribution in [-0.2, 0) is 0 Å². The van der Waals surface area contributed by atoms with Crippen molar-refractivity contribution in [2.75, 3.05) is 24.3 Å². The zero-order chi connectivity index (χ0) is 21.3. The molecular weight excluding hydrogens is 376 g/mol. The van der Waals surface area contributed by atoms with Crippen molar-refractivity contribution < 1.29 is 4.79 Å². The predicted octanol–water partition coefficient (Wildman–Crippen LogP) is 4.01. The SMILES string of the molecule is Cc1nc2ccccc2c(=O)n1-c1ccc(NC(=O)c2cccc(N(C)C)c2)cc1.